The van der Waals surface area contributed by atoms with Gasteiger partial charge in [0, 0.05) is 19.1 Å². The molecule has 1 aromatic heterocycles. The molecule has 17 heavy (non-hydrogen) atoms. The maximum absolute atomic E-state index is 10.9. The predicted molar refractivity (Wildman–Crippen MR) is 65.3 cm³/mol. The number of nitrogens with zero attached hydrogens (tertiary/aromatic N) is 2. The first-order valence-corrected chi connectivity index (χ1v) is 5.62. The Labute approximate surface area is 100 Å². The molecule has 2 rings (SSSR count). The Morgan fingerprint density at radius 3 is 2.82 bits per heavy atom. The number of nitro benzene ring substituents is 1. The highest BCUT2D eigenvalue weighted by Crippen LogP contribution is 2.31. The van der Waals surface area contributed by atoms with Gasteiger partial charge >= 0.3 is 0 Å². The summed E-state index contributed by atoms with van der Waals surface area (Å²) in [6.45, 7) is 3.15. The largest absolute Gasteiger partial charge is 0.302 e. The predicted octanol–water partition coefficient (Wildman–Crippen LogP) is 2.47. The fourth-order valence-corrected chi connectivity index (χ4v) is 2.51. The van der Waals surface area contributed by atoms with Crippen LogP contribution < -0.4 is 5.32 Å². The number of aromatic nitrogens is 1. The Morgan fingerprint density at radius 2 is 2.24 bits per heavy atom. The van der Waals surface area contributed by atoms with Gasteiger partial charge in [-0.25, -0.2) is 4.98 Å². The molecular weight excluding hydrogens is 242 g/mol. The second kappa shape index (κ2) is 4.10. The van der Waals surface area contributed by atoms with Crippen LogP contribution in [-0.2, 0) is 4.79 Å². The van der Waals surface area contributed by atoms with Crippen molar-refractivity contribution >= 4 is 38.3 Å². The van der Waals surface area contributed by atoms with E-state index in [0.717, 1.165) is 5.56 Å². The van der Waals surface area contributed by atoms with Crippen molar-refractivity contribution in [3.05, 3.63) is 27.8 Å². The molecule has 0 spiro atoms. The topological polar surface area (TPSA) is 85.1 Å². The van der Waals surface area contributed by atoms with Crippen molar-refractivity contribution in [1.82, 2.24) is 4.98 Å². The molecule has 2 aromatic rings. The van der Waals surface area contributed by atoms with E-state index in [9.17, 15) is 14.9 Å². The van der Waals surface area contributed by atoms with Gasteiger partial charge in [-0.2, -0.15) is 0 Å². The Kier molecular flexibility index (Phi) is 2.76. The second-order valence-corrected chi connectivity index (χ2v) is 4.60. The lowest BCUT2D eigenvalue weighted by atomic mass is 10.2. The quantitative estimate of drug-likeness (QED) is 0.656. The zero-order valence-electron chi connectivity index (χ0n) is 9.18. The van der Waals surface area contributed by atoms with Crippen molar-refractivity contribution in [2.75, 3.05) is 5.32 Å². The molecule has 1 aromatic carbocycles. The van der Waals surface area contributed by atoms with Crippen molar-refractivity contribution in [3.63, 3.8) is 0 Å². The molecule has 1 heterocycles. The molecule has 0 atom stereocenters. The number of non-ortho nitro benzene ring substituents is 1. The molecule has 0 unspecified atom stereocenters. The number of rotatable bonds is 2. The molecule has 0 radical (unpaired) electrons. The van der Waals surface area contributed by atoms with Gasteiger partial charge in [-0.15, -0.1) is 0 Å². The van der Waals surface area contributed by atoms with Gasteiger partial charge < -0.3 is 5.32 Å². The molecule has 6 nitrogen and oxygen atoms in total. The normalized spacial score (nSPS) is 10.5. The molecule has 0 aliphatic rings. The highest BCUT2D eigenvalue weighted by molar-refractivity contribution is 7.22. The summed E-state index contributed by atoms with van der Waals surface area (Å²) in [6, 6.07) is 2.94. The Balaban J connectivity index is 2.56. The number of anilines is 1. The van der Waals surface area contributed by atoms with Crippen molar-refractivity contribution < 1.29 is 9.72 Å². The fraction of sp³-hybridized carbons (Fsp3) is 0.200. The molecule has 0 aliphatic carbocycles. The number of nitro groups is 1. The minimum Gasteiger partial charge on any atom is -0.302 e. The van der Waals surface area contributed by atoms with E-state index in [-0.39, 0.29) is 11.6 Å². The number of hydrogen-bond acceptors (Lipinski definition) is 5. The van der Waals surface area contributed by atoms with Gasteiger partial charge in [0.25, 0.3) is 5.69 Å². The first-order valence-electron chi connectivity index (χ1n) is 4.80. The molecule has 1 N–H and O–H groups in total. The van der Waals surface area contributed by atoms with Crippen LogP contribution in [0, 0.1) is 17.0 Å². The lowest BCUT2D eigenvalue weighted by Gasteiger charge is -1.94. The summed E-state index contributed by atoms with van der Waals surface area (Å²) in [5.74, 6) is -0.212. The second-order valence-electron chi connectivity index (χ2n) is 3.57. The van der Waals surface area contributed by atoms with E-state index in [0.29, 0.717) is 15.3 Å². The summed E-state index contributed by atoms with van der Waals surface area (Å²) < 4.78 is 0.695. The third kappa shape index (κ3) is 2.23. The van der Waals surface area contributed by atoms with Crippen LogP contribution in [0.15, 0.2) is 12.1 Å². The average Bonchev–Trinajstić information content (AvgIpc) is 2.59. The number of hydrogen-bond donors (Lipinski definition) is 1. The van der Waals surface area contributed by atoms with Crippen molar-refractivity contribution in [3.8, 4) is 0 Å². The summed E-state index contributed by atoms with van der Waals surface area (Å²) in [4.78, 5) is 25.4. The molecule has 0 fully saturated rings. The van der Waals surface area contributed by atoms with Crippen molar-refractivity contribution in [2.24, 2.45) is 0 Å². The van der Waals surface area contributed by atoms with Crippen LogP contribution in [-0.4, -0.2) is 15.8 Å². The summed E-state index contributed by atoms with van der Waals surface area (Å²) in [6.07, 6.45) is 0. The van der Waals surface area contributed by atoms with Crippen LogP contribution in [0.4, 0.5) is 10.8 Å². The maximum Gasteiger partial charge on any atom is 0.271 e. The standard InChI is InChI=1S/C10H9N3O3S/c1-5-3-7(13(15)16)4-8-9(5)12-10(17-8)11-6(2)14/h3-4H,1-2H3,(H,11,12,14). The number of nitrogens with one attached hydrogen (secondary N) is 1. The zero-order valence-corrected chi connectivity index (χ0v) is 10.00. The van der Waals surface area contributed by atoms with Gasteiger partial charge in [-0.1, -0.05) is 11.3 Å². The molecule has 0 saturated carbocycles. The van der Waals surface area contributed by atoms with Crippen LogP contribution in [0.5, 0.6) is 0 Å². The summed E-state index contributed by atoms with van der Waals surface area (Å²) in [5, 5.41) is 13.7. The van der Waals surface area contributed by atoms with Gasteiger partial charge in [0.15, 0.2) is 5.13 Å². The van der Waals surface area contributed by atoms with E-state index >= 15 is 0 Å². The molecule has 88 valence electrons. The number of fused-ring (bicyclic) bond motifs is 1. The summed E-state index contributed by atoms with van der Waals surface area (Å²) in [5.41, 5.74) is 1.44. The third-order valence-corrected chi connectivity index (χ3v) is 3.08. The van der Waals surface area contributed by atoms with Gasteiger partial charge in [0.2, 0.25) is 5.91 Å². The number of amides is 1. The number of aryl methyl sites for hydroxylation is 1. The van der Waals surface area contributed by atoms with Crippen LogP contribution in [0.25, 0.3) is 10.2 Å². The van der Waals surface area contributed by atoms with Gasteiger partial charge in [0.05, 0.1) is 15.1 Å². The lowest BCUT2D eigenvalue weighted by Crippen LogP contribution is -2.04. The van der Waals surface area contributed by atoms with Crippen molar-refractivity contribution in [1.29, 1.82) is 0 Å². The smallest absolute Gasteiger partial charge is 0.271 e. The molecular formula is C10H9N3O3S. The Bertz CT molecular complexity index is 621. The maximum atomic E-state index is 10.9. The third-order valence-electron chi connectivity index (χ3n) is 2.16. The van der Waals surface area contributed by atoms with Crippen LogP contribution in [0.2, 0.25) is 0 Å². The SMILES string of the molecule is CC(=O)Nc1nc2c(C)cc([N+](=O)[O-])cc2s1. The fourth-order valence-electron chi connectivity index (χ4n) is 1.49. The van der Waals surface area contributed by atoms with Crippen LogP contribution >= 0.6 is 11.3 Å². The van der Waals surface area contributed by atoms with Crippen LogP contribution in [0.1, 0.15) is 12.5 Å². The Hall–Kier alpha value is -2.02. The summed E-state index contributed by atoms with van der Waals surface area (Å²) in [7, 11) is 0. The van der Waals surface area contributed by atoms with Gasteiger partial charge in [0.1, 0.15) is 0 Å². The minimum absolute atomic E-state index is 0.0352. The molecule has 1 amide bonds. The first-order chi connectivity index (χ1) is 7.97. The number of benzene rings is 1. The van der Waals surface area contributed by atoms with E-state index in [2.05, 4.69) is 10.3 Å². The first kappa shape index (κ1) is 11.5. The van der Waals surface area contributed by atoms with E-state index in [1.54, 1.807) is 6.92 Å². The number of carbonyl (C=O) groups excluding carboxylic acids is 1. The molecule has 0 aliphatic heterocycles. The van der Waals surface area contributed by atoms with E-state index < -0.39 is 4.92 Å². The minimum atomic E-state index is -0.440. The van der Waals surface area contributed by atoms with E-state index in [4.69, 9.17) is 0 Å². The molecule has 7 heteroatoms. The van der Waals surface area contributed by atoms with Crippen molar-refractivity contribution in [2.45, 2.75) is 13.8 Å². The lowest BCUT2D eigenvalue weighted by molar-refractivity contribution is -0.384. The van der Waals surface area contributed by atoms with Gasteiger partial charge in [-0.05, 0) is 12.5 Å². The Morgan fingerprint density at radius 1 is 1.53 bits per heavy atom. The number of carbonyl (C=O) groups is 1. The monoisotopic (exact) mass is 251 g/mol. The molecule has 0 bridgehead atoms. The molecule has 0 saturated heterocycles. The van der Waals surface area contributed by atoms with Gasteiger partial charge in [-0.3, -0.25) is 14.9 Å². The number of thiazole rings is 1. The average molecular weight is 251 g/mol. The zero-order chi connectivity index (χ0) is 12.6. The summed E-state index contributed by atoms with van der Waals surface area (Å²) >= 11 is 1.22. The highest BCUT2D eigenvalue weighted by atomic mass is 32.1. The van der Waals surface area contributed by atoms with E-state index in [1.807, 2.05) is 0 Å². The van der Waals surface area contributed by atoms with E-state index in [1.165, 1.54) is 30.4 Å². The highest BCUT2D eigenvalue weighted by Gasteiger charge is 2.13. The van der Waals surface area contributed by atoms with Crippen LogP contribution in [0.3, 0.4) is 0 Å².